The number of nitrogens with two attached hydrogens (primary N) is 2. The largest absolute Gasteiger partial charge is 0.480 e. The summed E-state index contributed by atoms with van der Waals surface area (Å²) in [4.78, 5) is 30.9. The van der Waals surface area contributed by atoms with E-state index < -0.39 is 29.1 Å². The molecule has 0 fully saturated rings. The van der Waals surface area contributed by atoms with E-state index in [1.165, 1.54) is 0 Å². The molecule has 0 aromatic carbocycles. The lowest BCUT2D eigenvalue weighted by Gasteiger charge is -2.09. The van der Waals surface area contributed by atoms with Crippen LogP contribution in [0.1, 0.15) is 25.7 Å². The first-order chi connectivity index (χ1) is 11.6. The van der Waals surface area contributed by atoms with Gasteiger partial charge in [0.15, 0.2) is 17.0 Å². The van der Waals surface area contributed by atoms with Crippen molar-refractivity contribution in [2.24, 2.45) is 11.5 Å². The molecule has 13 nitrogen and oxygen atoms in total. The van der Waals surface area contributed by atoms with Crippen molar-refractivity contribution in [2.75, 3.05) is 20.1 Å². The highest BCUT2D eigenvalue weighted by molar-refractivity contribution is 5.74. The van der Waals surface area contributed by atoms with Gasteiger partial charge < -0.3 is 32.3 Å². The lowest BCUT2D eigenvalue weighted by molar-refractivity contribution is -0.549. The van der Waals surface area contributed by atoms with E-state index in [0.29, 0.717) is 25.9 Å². The molecule has 0 saturated carbocycles. The molecule has 0 saturated heterocycles. The minimum atomic E-state index is -1.28. The summed E-state index contributed by atoms with van der Waals surface area (Å²) in [6.07, 6.45) is 1.79. The molecular weight excluding hydrogens is 338 g/mol. The summed E-state index contributed by atoms with van der Waals surface area (Å²) in [6.45, 7) is 0.851. The Kier molecular flexibility index (Phi) is 14.6. The van der Waals surface area contributed by atoms with Crippen molar-refractivity contribution in [1.82, 2.24) is 16.1 Å². The maximum absolute atomic E-state index is 10.5. The summed E-state index contributed by atoms with van der Waals surface area (Å²) < 4.78 is 0. The molecule has 0 aromatic rings. The second-order valence-electron chi connectivity index (χ2n) is 4.87. The predicted molar refractivity (Wildman–Crippen MR) is 89.5 cm³/mol. The van der Waals surface area contributed by atoms with Crippen LogP contribution in [0.2, 0.25) is 0 Å². The molecule has 0 heterocycles. The molecule has 2 atom stereocenters. The summed E-state index contributed by atoms with van der Waals surface area (Å²) in [5.41, 5.74) is 11.9. The number of nitro groups is 1. The number of carboxylic acids is 2. The minimum absolute atomic E-state index is 0.0800. The molecular formula is C12H27N7O6. The molecule has 13 heteroatoms. The second-order valence-corrected chi connectivity index (χ2v) is 4.87. The van der Waals surface area contributed by atoms with Crippen LogP contribution >= 0.6 is 0 Å². The van der Waals surface area contributed by atoms with E-state index in [0.717, 1.165) is 6.42 Å². The van der Waals surface area contributed by atoms with Gasteiger partial charge in [-0.25, -0.2) is 14.9 Å². The monoisotopic (exact) mass is 365 g/mol. The Balaban J connectivity index is 0. The molecule has 0 rings (SSSR count). The topological polar surface area (TPSA) is 230 Å². The summed E-state index contributed by atoms with van der Waals surface area (Å²) in [5.74, 6) is -2.31. The quantitative estimate of drug-likeness (QED) is 0.0612. The number of hydrogen-bond acceptors (Lipinski definition) is 7. The van der Waals surface area contributed by atoms with Crippen LogP contribution < -0.4 is 27.5 Å². The zero-order valence-corrected chi connectivity index (χ0v) is 14.0. The third kappa shape index (κ3) is 16.0. The van der Waals surface area contributed by atoms with Crippen molar-refractivity contribution in [3.8, 4) is 0 Å². The van der Waals surface area contributed by atoms with Crippen molar-refractivity contribution < 1.29 is 24.8 Å². The number of nitrogens with zero attached hydrogens (tertiary/aromatic N) is 1. The third-order valence-corrected chi connectivity index (χ3v) is 2.89. The van der Waals surface area contributed by atoms with Crippen LogP contribution in [0.5, 0.6) is 0 Å². The summed E-state index contributed by atoms with van der Waals surface area (Å²) in [5, 5.41) is 38.1. The van der Waals surface area contributed by atoms with Crippen LogP contribution in [0, 0.1) is 15.5 Å². The molecule has 146 valence electrons. The number of guanidine groups is 1. The lowest BCUT2D eigenvalue weighted by atomic mass is 10.1. The van der Waals surface area contributed by atoms with Gasteiger partial charge in [0.2, 0.25) is 0 Å². The van der Waals surface area contributed by atoms with Crippen molar-refractivity contribution in [3.05, 3.63) is 10.1 Å². The van der Waals surface area contributed by atoms with Gasteiger partial charge in [-0.15, -0.1) is 5.43 Å². The number of likely N-dealkylation sites (N-methyl/N-ethyl adjacent to an activating group) is 1. The van der Waals surface area contributed by atoms with Gasteiger partial charge in [0.25, 0.3) is 0 Å². The van der Waals surface area contributed by atoms with Gasteiger partial charge in [-0.1, -0.05) is 0 Å². The molecule has 25 heavy (non-hydrogen) atoms. The standard InChI is InChI=1S/C6H13N5O4.C6H14N2O2/c7-6(8)9-3-1-2-4(5(12)13)10-11(14)15;1-8-5(6(9)10)3-2-4-7/h4,10H,1-3H2,(H,12,13)(H4,7,8,9);5,8H,2-4,7H2,1H3,(H,9,10)/t4-;5-/m00/s1. The van der Waals surface area contributed by atoms with E-state index >= 15 is 0 Å². The van der Waals surface area contributed by atoms with Gasteiger partial charge in [0.1, 0.15) is 6.04 Å². The Hall–Kier alpha value is -2.67. The summed E-state index contributed by atoms with van der Waals surface area (Å²) in [7, 11) is 1.63. The van der Waals surface area contributed by atoms with E-state index in [4.69, 9.17) is 27.1 Å². The predicted octanol–water partition coefficient (Wildman–Crippen LogP) is -2.12. The van der Waals surface area contributed by atoms with Crippen LogP contribution in [-0.4, -0.2) is 65.4 Å². The Morgan fingerprint density at radius 1 is 1.20 bits per heavy atom. The number of carboxylic acid groups (broad SMARTS) is 2. The van der Waals surface area contributed by atoms with Crippen LogP contribution in [-0.2, 0) is 9.59 Å². The fourth-order valence-electron chi connectivity index (χ4n) is 1.61. The van der Waals surface area contributed by atoms with Crippen LogP contribution in [0.25, 0.3) is 0 Å². The summed E-state index contributed by atoms with van der Waals surface area (Å²) in [6, 6.07) is -1.67. The average Bonchev–Trinajstić information content (AvgIpc) is 2.50. The fourth-order valence-corrected chi connectivity index (χ4v) is 1.61. The van der Waals surface area contributed by atoms with Crippen LogP contribution in [0.3, 0.4) is 0 Å². The van der Waals surface area contributed by atoms with Gasteiger partial charge in [-0.3, -0.25) is 10.2 Å². The number of rotatable bonds is 12. The molecule has 0 bridgehead atoms. The minimum Gasteiger partial charge on any atom is -0.480 e. The maximum Gasteiger partial charge on any atom is 0.332 e. The van der Waals surface area contributed by atoms with Gasteiger partial charge in [0.05, 0.1) is 0 Å². The Bertz CT molecular complexity index is 434. The molecule has 0 amide bonds. The van der Waals surface area contributed by atoms with E-state index in [9.17, 15) is 19.7 Å². The third-order valence-electron chi connectivity index (χ3n) is 2.89. The first-order valence-electron chi connectivity index (χ1n) is 7.47. The molecule has 0 unspecified atom stereocenters. The molecule has 0 spiro atoms. The number of nitrogens with one attached hydrogen (secondary N) is 4. The van der Waals surface area contributed by atoms with Gasteiger partial charge in [-0.2, -0.15) is 0 Å². The van der Waals surface area contributed by atoms with E-state index in [2.05, 4.69) is 10.6 Å². The molecule has 0 aliphatic rings. The highest BCUT2D eigenvalue weighted by Gasteiger charge is 2.21. The van der Waals surface area contributed by atoms with Crippen molar-refractivity contribution in [3.63, 3.8) is 0 Å². The smallest absolute Gasteiger partial charge is 0.332 e. The van der Waals surface area contributed by atoms with E-state index in [1.54, 1.807) is 12.5 Å². The Morgan fingerprint density at radius 3 is 2.08 bits per heavy atom. The highest BCUT2D eigenvalue weighted by Crippen LogP contribution is 1.96. The lowest BCUT2D eigenvalue weighted by Crippen LogP contribution is -2.41. The molecule has 0 radical (unpaired) electrons. The number of carbonyl (C=O) groups is 2. The molecule has 10 N–H and O–H groups in total. The maximum atomic E-state index is 10.5. The number of hydrazine groups is 1. The van der Waals surface area contributed by atoms with Gasteiger partial charge >= 0.3 is 11.9 Å². The Morgan fingerprint density at radius 2 is 1.72 bits per heavy atom. The first-order valence-corrected chi connectivity index (χ1v) is 7.47. The SMILES string of the molecule is CN[C@@H](CCCN)C(=O)O.N=C(N)NCCC[C@H](N[N+](=O)[O-])C(=O)O. The van der Waals surface area contributed by atoms with E-state index in [-0.39, 0.29) is 12.4 Å². The molecule has 0 aliphatic carbocycles. The number of hydrogen-bond donors (Lipinski definition) is 8. The number of aliphatic carboxylic acids is 2. The molecule has 0 aliphatic heterocycles. The van der Waals surface area contributed by atoms with Crippen molar-refractivity contribution in [2.45, 2.75) is 37.8 Å². The first kappa shape index (κ1) is 24.6. The highest BCUT2D eigenvalue weighted by atomic mass is 16.7. The average molecular weight is 365 g/mol. The van der Waals surface area contributed by atoms with Gasteiger partial charge in [0, 0.05) is 6.54 Å². The van der Waals surface area contributed by atoms with Crippen LogP contribution in [0.15, 0.2) is 0 Å². The van der Waals surface area contributed by atoms with E-state index in [1.807, 2.05) is 0 Å². The summed E-state index contributed by atoms with van der Waals surface area (Å²) >= 11 is 0. The van der Waals surface area contributed by atoms with Crippen molar-refractivity contribution >= 4 is 17.9 Å². The normalized spacial score (nSPS) is 12.1. The second kappa shape index (κ2) is 14.9. The Labute approximate surface area is 144 Å². The van der Waals surface area contributed by atoms with Crippen LogP contribution in [0.4, 0.5) is 0 Å². The van der Waals surface area contributed by atoms with Gasteiger partial charge in [-0.05, 0) is 39.3 Å². The van der Waals surface area contributed by atoms with Crippen molar-refractivity contribution in [1.29, 1.82) is 5.41 Å². The fraction of sp³-hybridized carbons (Fsp3) is 0.750. The molecule has 0 aromatic heterocycles. The zero-order chi connectivity index (χ0) is 19.8. The zero-order valence-electron chi connectivity index (χ0n) is 14.0.